The van der Waals surface area contributed by atoms with Crippen molar-refractivity contribution in [3.8, 4) is 0 Å². The molecule has 0 saturated heterocycles. The highest BCUT2D eigenvalue weighted by molar-refractivity contribution is 7.89. The lowest BCUT2D eigenvalue weighted by Crippen LogP contribution is -2.34. The molecule has 4 nitrogen and oxygen atoms in total. The SMILES string of the molecule is COCC(Cl)CN(C)S(=O)(=O)c1ccc2c(c1)CCC2. The van der Waals surface area contributed by atoms with Gasteiger partial charge in [0.15, 0.2) is 0 Å². The van der Waals surface area contributed by atoms with Crippen molar-refractivity contribution < 1.29 is 13.2 Å². The normalized spacial score (nSPS) is 16.4. The van der Waals surface area contributed by atoms with Gasteiger partial charge in [0.25, 0.3) is 0 Å². The van der Waals surface area contributed by atoms with E-state index in [0.29, 0.717) is 11.5 Å². The van der Waals surface area contributed by atoms with Gasteiger partial charge in [-0.05, 0) is 42.5 Å². The van der Waals surface area contributed by atoms with E-state index in [0.717, 1.165) is 24.8 Å². The lowest BCUT2D eigenvalue weighted by Gasteiger charge is -2.20. The minimum Gasteiger partial charge on any atom is -0.383 e. The highest BCUT2D eigenvalue weighted by atomic mass is 35.5. The van der Waals surface area contributed by atoms with Crippen molar-refractivity contribution in [1.29, 1.82) is 0 Å². The number of ether oxygens (including phenoxy) is 1. The van der Waals surface area contributed by atoms with Crippen LogP contribution in [-0.2, 0) is 27.6 Å². The number of sulfonamides is 1. The van der Waals surface area contributed by atoms with Crippen LogP contribution in [0.3, 0.4) is 0 Å². The van der Waals surface area contributed by atoms with Gasteiger partial charge < -0.3 is 4.74 Å². The number of rotatable bonds is 6. The number of hydrogen-bond donors (Lipinski definition) is 0. The minimum absolute atomic E-state index is 0.231. The average molecular weight is 318 g/mol. The summed E-state index contributed by atoms with van der Waals surface area (Å²) >= 11 is 6.03. The van der Waals surface area contributed by atoms with Crippen molar-refractivity contribution in [2.75, 3.05) is 27.3 Å². The van der Waals surface area contributed by atoms with E-state index in [1.807, 2.05) is 6.07 Å². The lowest BCUT2D eigenvalue weighted by molar-refractivity contribution is 0.192. The molecule has 0 N–H and O–H groups in total. The number of nitrogens with zero attached hydrogens (tertiary/aromatic N) is 1. The first-order valence-corrected chi connectivity index (χ1v) is 8.54. The number of methoxy groups -OCH3 is 1. The fraction of sp³-hybridized carbons (Fsp3) is 0.571. The van der Waals surface area contributed by atoms with E-state index in [1.54, 1.807) is 26.3 Å². The van der Waals surface area contributed by atoms with Crippen LogP contribution in [0.2, 0.25) is 0 Å². The zero-order valence-corrected chi connectivity index (χ0v) is 13.4. The molecule has 0 aromatic heterocycles. The Morgan fingerprint density at radius 1 is 1.35 bits per heavy atom. The molecule has 1 aromatic rings. The molecule has 20 heavy (non-hydrogen) atoms. The minimum atomic E-state index is -3.48. The zero-order chi connectivity index (χ0) is 14.8. The monoisotopic (exact) mass is 317 g/mol. The highest BCUT2D eigenvalue weighted by Gasteiger charge is 2.24. The summed E-state index contributed by atoms with van der Waals surface area (Å²) in [6.45, 7) is 0.556. The van der Waals surface area contributed by atoms with Gasteiger partial charge >= 0.3 is 0 Å². The fourth-order valence-corrected chi connectivity index (χ4v) is 4.18. The maximum Gasteiger partial charge on any atom is 0.242 e. The van der Waals surface area contributed by atoms with Gasteiger partial charge in [0.1, 0.15) is 0 Å². The predicted molar refractivity (Wildman–Crippen MR) is 79.8 cm³/mol. The quantitative estimate of drug-likeness (QED) is 0.754. The zero-order valence-electron chi connectivity index (χ0n) is 11.8. The number of benzene rings is 1. The summed E-state index contributed by atoms with van der Waals surface area (Å²) in [5, 5.41) is -0.353. The Balaban J connectivity index is 2.17. The van der Waals surface area contributed by atoms with E-state index in [1.165, 1.54) is 9.87 Å². The fourth-order valence-electron chi connectivity index (χ4n) is 2.50. The Morgan fingerprint density at radius 2 is 2.05 bits per heavy atom. The van der Waals surface area contributed by atoms with E-state index in [2.05, 4.69) is 0 Å². The van der Waals surface area contributed by atoms with E-state index in [9.17, 15) is 8.42 Å². The van der Waals surface area contributed by atoms with Crippen molar-refractivity contribution in [2.24, 2.45) is 0 Å². The van der Waals surface area contributed by atoms with E-state index in [4.69, 9.17) is 16.3 Å². The molecular formula is C14H20ClNO3S. The smallest absolute Gasteiger partial charge is 0.242 e. The number of alkyl halides is 1. The second-order valence-corrected chi connectivity index (χ2v) is 7.78. The van der Waals surface area contributed by atoms with Gasteiger partial charge in [-0.25, -0.2) is 8.42 Å². The largest absolute Gasteiger partial charge is 0.383 e. The second-order valence-electron chi connectivity index (χ2n) is 5.12. The van der Waals surface area contributed by atoms with Crippen molar-refractivity contribution in [3.63, 3.8) is 0 Å². The first-order chi connectivity index (χ1) is 9.45. The molecule has 1 atom stereocenters. The van der Waals surface area contributed by atoms with Crippen molar-refractivity contribution in [1.82, 2.24) is 4.31 Å². The summed E-state index contributed by atoms with van der Waals surface area (Å²) in [7, 11) is -0.385. The Morgan fingerprint density at radius 3 is 2.75 bits per heavy atom. The Hall–Kier alpha value is -0.620. The molecule has 2 rings (SSSR count). The van der Waals surface area contributed by atoms with E-state index < -0.39 is 10.0 Å². The molecule has 1 aromatic carbocycles. The molecule has 0 radical (unpaired) electrons. The standard InChI is InChI=1S/C14H20ClNO3S/c1-16(9-13(15)10-19-2)20(17,18)14-7-6-11-4-3-5-12(11)8-14/h6-8,13H,3-5,9-10H2,1-2H3. The van der Waals surface area contributed by atoms with Gasteiger partial charge in [0.05, 0.1) is 16.9 Å². The summed E-state index contributed by atoms with van der Waals surface area (Å²) < 4.78 is 31.2. The van der Waals surface area contributed by atoms with Crippen LogP contribution in [0.4, 0.5) is 0 Å². The van der Waals surface area contributed by atoms with Crippen LogP contribution in [0.15, 0.2) is 23.1 Å². The maximum atomic E-state index is 12.5. The van der Waals surface area contributed by atoms with Crippen LogP contribution >= 0.6 is 11.6 Å². The topological polar surface area (TPSA) is 46.6 Å². The number of fused-ring (bicyclic) bond motifs is 1. The molecule has 0 fully saturated rings. The maximum absolute atomic E-state index is 12.5. The third-order valence-corrected chi connectivity index (χ3v) is 5.66. The van der Waals surface area contributed by atoms with Crippen molar-refractivity contribution >= 4 is 21.6 Å². The molecular weight excluding hydrogens is 298 g/mol. The van der Waals surface area contributed by atoms with Crippen molar-refractivity contribution in [3.05, 3.63) is 29.3 Å². The third-order valence-electron chi connectivity index (χ3n) is 3.58. The molecule has 1 aliphatic carbocycles. The first-order valence-electron chi connectivity index (χ1n) is 6.66. The Kier molecular flexibility index (Phi) is 5.07. The summed E-state index contributed by atoms with van der Waals surface area (Å²) in [6.07, 6.45) is 3.11. The van der Waals surface area contributed by atoms with E-state index >= 15 is 0 Å². The molecule has 112 valence electrons. The van der Waals surface area contributed by atoms with Gasteiger partial charge in [0, 0.05) is 20.7 Å². The van der Waals surface area contributed by atoms with Crippen LogP contribution < -0.4 is 0 Å². The van der Waals surface area contributed by atoms with Gasteiger partial charge in [0.2, 0.25) is 10.0 Å². The second kappa shape index (κ2) is 6.43. The molecule has 1 unspecified atom stereocenters. The molecule has 1 aliphatic rings. The van der Waals surface area contributed by atoms with Gasteiger partial charge in [-0.2, -0.15) is 4.31 Å². The van der Waals surface area contributed by atoms with Gasteiger partial charge in [-0.3, -0.25) is 0 Å². The number of halogens is 1. The van der Waals surface area contributed by atoms with E-state index in [-0.39, 0.29) is 11.9 Å². The molecule has 0 heterocycles. The average Bonchev–Trinajstić information content (AvgIpc) is 2.85. The molecule has 6 heteroatoms. The van der Waals surface area contributed by atoms with Crippen LogP contribution in [0.25, 0.3) is 0 Å². The summed E-state index contributed by atoms with van der Waals surface area (Å²) in [5.41, 5.74) is 2.42. The van der Waals surface area contributed by atoms with Gasteiger partial charge in [-0.1, -0.05) is 6.07 Å². The summed E-state index contributed by atoms with van der Waals surface area (Å²) in [4.78, 5) is 0.349. The Labute approximate surface area is 125 Å². The van der Waals surface area contributed by atoms with Crippen LogP contribution in [-0.4, -0.2) is 45.4 Å². The summed E-state index contributed by atoms with van der Waals surface area (Å²) in [6, 6.07) is 5.42. The van der Waals surface area contributed by atoms with Crippen molar-refractivity contribution in [2.45, 2.75) is 29.5 Å². The molecule has 0 aliphatic heterocycles. The van der Waals surface area contributed by atoms with Crippen LogP contribution in [0.1, 0.15) is 17.5 Å². The first kappa shape index (κ1) is 15.8. The number of aryl methyl sites for hydroxylation is 2. The summed E-state index contributed by atoms with van der Waals surface area (Å²) in [5.74, 6) is 0. The van der Waals surface area contributed by atoms with Crippen LogP contribution in [0.5, 0.6) is 0 Å². The van der Waals surface area contributed by atoms with Gasteiger partial charge in [-0.15, -0.1) is 11.6 Å². The van der Waals surface area contributed by atoms with Crippen LogP contribution in [0, 0.1) is 0 Å². The molecule has 0 spiro atoms. The number of hydrogen-bond acceptors (Lipinski definition) is 3. The molecule has 0 amide bonds. The lowest BCUT2D eigenvalue weighted by atomic mass is 10.1. The molecule has 0 saturated carbocycles. The predicted octanol–water partition coefficient (Wildman–Crippen LogP) is 2.05. The Bertz CT molecular complexity index is 574. The highest BCUT2D eigenvalue weighted by Crippen LogP contribution is 2.26. The third kappa shape index (κ3) is 3.34. The molecule has 0 bridgehead atoms.